The minimum absolute atomic E-state index is 0.239. The molecule has 2 aromatic carbocycles. The fraction of sp³-hybridized carbons (Fsp3) is 0.143. The summed E-state index contributed by atoms with van der Waals surface area (Å²) in [6.07, 6.45) is -0.601. The molecule has 0 bridgehead atoms. The van der Waals surface area contributed by atoms with Gasteiger partial charge in [0.15, 0.2) is 0 Å². The van der Waals surface area contributed by atoms with Crippen LogP contribution in [0.4, 0.5) is 8.78 Å². The fourth-order valence-electron chi connectivity index (χ4n) is 1.79. The molecule has 0 saturated heterocycles. The molecular weight excluding hydrogens is 382 g/mol. The van der Waals surface area contributed by atoms with E-state index in [1.807, 2.05) is 0 Å². The summed E-state index contributed by atoms with van der Waals surface area (Å²) in [6.45, 7) is 0. The SMILES string of the molecule is OC(Cc1cc(F)ccc1Br)c1ccc(F)cc1Br. The van der Waals surface area contributed by atoms with Crippen LogP contribution in [0.2, 0.25) is 0 Å². The van der Waals surface area contributed by atoms with Crippen molar-refractivity contribution in [2.45, 2.75) is 12.5 Å². The first-order valence-corrected chi connectivity index (χ1v) is 7.13. The van der Waals surface area contributed by atoms with E-state index in [0.717, 1.165) is 4.47 Å². The largest absolute Gasteiger partial charge is 0.388 e. The van der Waals surface area contributed by atoms with E-state index in [-0.39, 0.29) is 18.1 Å². The Morgan fingerprint density at radius 1 is 0.947 bits per heavy atom. The van der Waals surface area contributed by atoms with Crippen LogP contribution < -0.4 is 0 Å². The predicted octanol–water partition coefficient (Wildman–Crippen LogP) is 4.77. The van der Waals surface area contributed by atoms with Gasteiger partial charge in [0.2, 0.25) is 0 Å². The van der Waals surface area contributed by atoms with E-state index in [1.165, 1.54) is 30.3 Å². The molecule has 0 radical (unpaired) electrons. The molecule has 1 unspecified atom stereocenters. The monoisotopic (exact) mass is 390 g/mol. The van der Waals surface area contributed by atoms with E-state index in [2.05, 4.69) is 31.9 Å². The van der Waals surface area contributed by atoms with Gasteiger partial charge in [-0.05, 0) is 41.5 Å². The second-order valence-electron chi connectivity index (χ2n) is 4.12. The Morgan fingerprint density at radius 2 is 1.58 bits per heavy atom. The van der Waals surface area contributed by atoms with E-state index in [1.54, 1.807) is 6.07 Å². The fourth-order valence-corrected chi connectivity index (χ4v) is 2.81. The second kappa shape index (κ2) is 6.11. The van der Waals surface area contributed by atoms with Crippen molar-refractivity contribution >= 4 is 31.9 Å². The number of aliphatic hydroxyl groups excluding tert-OH is 1. The van der Waals surface area contributed by atoms with Gasteiger partial charge in [0, 0.05) is 15.4 Å². The van der Waals surface area contributed by atoms with Crippen molar-refractivity contribution in [1.29, 1.82) is 0 Å². The van der Waals surface area contributed by atoms with Crippen molar-refractivity contribution < 1.29 is 13.9 Å². The molecule has 0 aliphatic rings. The molecule has 0 fully saturated rings. The van der Waals surface area contributed by atoms with Gasteiger partial charge in [0.05, 0.1) is 6.10 Å². The van der Waals surface area contributed by atoms with Crippen LogP contribution in [0.25, 0.3) is 0 Å². The first kappa shape index (κ1) is 14.6. The average Bonchev–Trinajstić information content (AvgIpc) is 2.33. The summed E-state index contributed by atoms with van der Waals surface area (Å²) in [5, 5.41) is 10.2. The second-order valence-corrected chi connectivity index (χ2v) is 5.83. The number of benzene rings is 2. The average molecular weight is 392 g/mol. The zero-order valence-electron chi connectivity index (χ0n) is 9.71. The lowest BCUT2D eigenvalue weighted by Crippen LogP contribution is -2.04. The lowest BCUT2D eigenvalue weighted by atomic mass is 10.0. The molecule has 1 nitrogen and oxygen atoms in total. The molecular formula is C14H10Br2F2O. The van der Waals surface area contributed by atoms with E-state index in [9.17, 15) is 13.9 Å². The summed E-state index contributed by atoms with van der Waals surface area (Å²) < 4.78 is 27.4. The Hall–Kier alpha value is -0.780. The van der Waals surface area contributed by atoms with Gasteiger partial charge in [-0.3, -0.25) is 0 Å². The van der Waals surface area contributed by atoms with Crippen molar-refractivity contribution in [3.63, 3.8) is 0 Å². The molecule has 0 amide bonds. The third-order valence-corrected chi connectivity index (χ3v) is 4.20. The van der Waals surface area contributed by atoms with Gasteiger partial charge in [0.25, 0.3) is 0 Å². The first-order valence-electron chi connectivity index (χ1n) is 5.54. The standard InChI is InChI=1S/C14H10Br2F2O/c15-12-4-2-9(17)5-8(12)6-14(19)11-3-1-10(18)7-13(11)16/h1-5,7,14,19H,6H2. The van der Waals surface area contributed by atoms with Crippen molar-refractivity contribution in [1.82, 2.24) is 0 Å². The van der Waals surface area contributed by atoms with Crippen molar-refractivity contribution in [2.75, 3.05) is 0 Å². The predicted molar refractivity (Wildman–Crippen MR) is 76.9 cm³/mol. The maximum Gasteiger partial charge on any atom is 0.124 e. The van der Waals surface area contributed by atoms with E-state index in [4.69, 9.17) is 0 Å². The Bertz CT molecular complexity index is 602. The minimum Gasteiger partial charge on any atom is -0.388 e. The summed E-state index contributed by atoms with van der Waals surface area (Å²) in [7, 11) is 0. The maximum atomic E-state index is 13.2. The highest BCUT2D eigenvalue weighted by Crippen LogP contribution is 2.29. The summed E-state index contributed by atoms with van der Waals surface area (Å²) in [4.78, 5) is 0. The molecule has 0 aromatic heterocycles. The lowest BCUT2D eigenvalue weighted by Gasteiger charge is -2.14. The molecule has 5 heteroatoms. The molecule has 1 atom stereocenters. The van der Waals surface area contributed by atoms with E-state index in [0.29, 0.717) is 15.6 Å². The Kier molecular flexibility index (Phi) is 4.71. The number of hydrogen-bond acceptors (Lipinski definition) is 1. The third-order valence-electron chi connectivity index (χ3n) is 2.74. The van der Waals surface area contributed by atoms with E-state index >= 15 is 0 Å². The molecule has 100 valence electrons. The zero-order valence-corrected chi connectivity index (χ0v) is 12.9. The summed E-state index contributed by atoms with van der Waals surface area (Å²) in [5.41, 5.74) is 1.22. The molecule has 1 N–H and O–H groups in total. The molecule has 0 heterocycles. The van der Waals surface area contributed by atoms with Crippen LogP contribution in [-0.4, -0.2) is 5.11 Å². The maximum absolute atomic E-state index is 13.2. The smallest absolute Gasteiger partial charge is 0.124 e. The van der Waals surface area contributed by atoms with Crippen LogP contribution in [-0.2, 0) is 6.42 Å². The van der Waals surface area contributed by atoms with Crippen LogP contribution >= 0.6 is 31.9 Å². The molecule has 0 aliphatic carbocycles. The van der Waals surface area contributed by atoms with Crippen molar-refractivity contribution in [2.24, 2.45) is 0 Å². The first-order chi connectivity index (χ1) is 8.97. The van der Waals surface area contributed by atoms with Gasteiger partial charge >= 0.3 is 0 Å². The highest BCUT2D eigenvalue weighted by atomic mass is 79.9. The van der Waals surface area contributed by atoms with E-state index < -0.39 is 6.10 Å². The van der Waals surface area contributed by atoms with Gasteiger partial charge in [0.1, 0.15) is 11.6 Å². The number of halogens is 4. The molecule has 2 rings (SSSR count). The van der Waals surface area contributed by atoms with Gasteiger partial charge in [-0.1, -0.05) is 37.9 Å². The molecule has 0 saturated carbocycles. The van der Waals surface area contributed by atoms with Crippen LogP contribution in [0.1, 0.15) is 17.2 Å². The van der Waals surface area contributed by atoms with Crippen LogP contribution in [0, 0.1) is 11.6 Å². The zero-order chi connectivity index (χ0) is 14.0. The summed E-state index contributed by atoms with van der Waals surface area (Å²) in [5.74, 6) is -0.738. The van der Waals surface area contributed by atoms with Crippen LogP contribution in [0.3, 0.4) is 0 Å². The molecule has 0 spiro atoms. The van der Waals surface area contributed by atoms with Gasteiger partial charge in [-0.15, -0.1) is 0 Å². The summed E-state index contributed by atoms with van der Waals surface area (Å²) in [6, 6.07) is 8.38. The Morgan fingerprint density at radius 3 is 2.26 bits per heavy atom. The number of rotatable bonds is 3. The molecule has 0 aliphatic heterocycles. The van der Waals surface area contributed by atoms with Crippen LogP contribution in [0.5, 0.6) is 0 Å². The van der Waals surface area contributed by atoms with Crippen molar-refractivity contribution in [3.8, 4) is 0 Å². The lowest BCUT2D eigenvalue weighted by molar-refractivity contribution is 0.177. The quantitative estimate of drug-likeness (QED) is 0.799. The Labute approximate surface area is 126 Å². The van der Waals surface area contributed by atoms with Crippen molar-refractivity contribution in [3.05, 3.63) is 68.1 Å². The highest BCUT2D eigenvalue weighted by Gasteiger charge is 2.14. The highest BCUT2D eigenvalue weighted by molar-refractivity contribution is 9.10. The van der Waals surface area contributed by atoms with Gasteiger partial charge < -0.3 is 5.11 Å². The molecule has 2 aromatic rings. The van der Waals surface area contributed by atoms with Crippen LogP contribution in [0.15, 0.2) is 45.3 Å². The third kappa shape index (κ3) is 3.61. The normalized spacial score (nSPS) is 12.5. The van der Waals surface area contributed by atoms with Gasteiger partial charge in [-0.2, -0.15) is 0 Å². The van der Waals surface area contributed by atoms with Gasteiger partial charge in [-0.25, -0.2) is 8.78 Å². The number of aliphatic hydroxyl groups is 1. The molecule has 19 heavy (non-hydrogen) atoms. The minimum atomic E-state index is -0.840. The Balaban J connectivity index is 2.25. The number of hydrogen-bond donors (Lipinski definition) is 1. The summed E-state index contributed by atoms with van der Waals surface area (Å²) >= 11 is 6.52. The topological polar surface area (TPSA) is 20.2 Å².